The summed E-state index contributed by atoms with van der Waals surface area (Å²) >= 11 is 0. The number of nitrogens with zero attached hydrogens (tertiary/aromatic N) is 1. The van der Waals surface area contributed by atoms with Crippen LogP contribution in [0.4, 0.5) is 0 Å². The van der Waals surface area contributed by atoms with E-state index in [9.17, 15) is 0 Å². The molecule has 2 fully saturated rings. The molecule has 0 aromatic carbocycles. The largest absolute Gasteiger partial charge is 0.478 e. The normalized spacial score (nSPS) is 25.7. The SMILES string of the molecule is c1ccc(OCC[C@@H]2CCOC3(CNC3)C2)nc1. The third kappa shape index (κ3) is 2.65. The molecule has 0 unspecified atom stereocenters. The van der Waals surface area contributed by atoms with Gasteiger partial charge < -0.3 is 14.8 Å². The molecule has 0 radical (unpaired) electrons. The zero-order chi connectivity index (χ0) is 12.3. The van der Waals surface area contributed by atoms with Gasteiger partial charge in [-0.15, -0.1) is 0 Å². The highest BCUT2D eigenvalue weighted by Gasteiger charge is 2.42. The Bertz CT molecular complexity index is 379. The molecule has 1 aromatic heterocycles. The maximum absolute atomic E-state index is 5.88. The van der Waals surface area contributed by atoms with Gasteiger partial charge >= 0.3 is 0 Å². The van der Waals surface area contributed by atoms with Crippen LogP contribution < -0.4 is 10.1 Å². The fourth-order valence-corrected chi connectivity index (χ4v) is 2.79. The molecule has 0 saturated carbocycles. The highest BCUT2D eigenvalue weighted by molar-refractivity contribution is 5.09. The molecule has 3 rings (SSSR count). The van der Waals surface area contributed by atoms with Crippen molar-refractivity contribution in [3.8, 4) is 5.88 Å². The molecule has 0 amide bonds. The first-order chi connectivity index (χ1) is 8.86. The van der Waals surface area contributed by atoms with Crippen LogP contribution in [0.3, 0.4) is 0 Å². The van der Waals surface area contributed by atoms with Crippen molar-refractivity contribution in [1.82, 2.24) is 10.3 Å². The summed E-state index contributed by atoms with van der Waals surface area (Å²) in [5.74, 6) is 1.45. The molecule has 0 bridgehead atoms. The van der Waals surface area contributed by atoms with E-state index in [1.54, 1.807) is 6.20 Å². The van der Waals surface area contributed by atoms with Gasteiger partial charge in [0.05, 0.1) is 12.2 Å². The summed E-state index contributed by atoms with van der Waals surface area (Å²) in [6, 6.07) is 5.76. The highest BCUT2D eigenvalue weighted by atomic mass is 16.5. The predicted molar refractivity (Wildman–Crippen MR) is 68.6 cm³/mol. The van der Waals surface area contributed by atoms with Gasteiger partial charge in [-0.25, -0.2) is 4.98 Å². The fraction of sp³-hybridized carbons (Fsp3) is 0.643. The van der Waals surface area contributed by atoms with E-state index in [-0.39, 0.29) is 5.60 Å². The molecule has 1 N–H and O–H groups in total. The topological polar surface area (TPSA) is 43.4 Å². The van der Waals surface area contributed by atoms with Gasteiger partial charge in [0.15, 0.2) is 0 Å². The first kappa shape index (κ1) is 11.9. The van der Waals surface area contributed by atoms with Gasteiger partial charge in [-0.05, 0) is 31.2 Å². The van der Waals surface area contributed by atoms with Crippen LogP contribution in [0.15, 0.2) is 24.4 Å². The van der Waals surface area contributed by atoms with Gasteiger partial charge in [-0.1, -0.05) is 6.07 Å². The summed E-state index contributed by atoms with van der Waals surface area (Å²) in [6.07, 6.45) is 5.19. The number of nitrogens with one attached hydrogen (secondary N) is 1. The Morgan fingerprint density at radius 1 is 1.44 bits per heavy atom. The standard InChI is InChI=1S/C14H20N2O2/c1-2-6-16-13(3-1)17-7-4-12-5-8-18-14(9-12)10-15-11-14/h1-3,6,12,15H,4-5,7-11H2/t12-/m1/s1. The second kappa shape index (κ2) is 5.24. The van der Waals surface area contributed by atoms with Crippen molar-refractivity contribution in [2.24, 2.45) is 5.92 Å². The molecule has 2 aliphatic rings. The molecule has 1 atom stereocenters. The third-order valence-corrected chi connectivity index (χ3v) is 3.90. The zero-order valence-electron chi connectivity index (χ0n) is 10.6. The summed E-state index contributed by atoms with van der Waals surface area (Å²) in [4.78, 5) is 4.16. The molecular weight excluding hydrogens is 228 g/mol. The Balaban J connectivity index is 1.43. The molecular formula is C14H20N2O2. The molecule has 98 valence electrons. The molecule has 1 aromatic rings. The predicted octanol–water partition coefficient (Wildman–Crippen LogP) is 1.62. The van der Waals surface area contributed by atoms with E-state index >= 15 is 0 Å². The lowest BCUT2D eigenvalue weighted by atomic mass is 9.80. The van der Waals surface area contributed by atoms with E-state index in [4.69, 9.17) is 9.47 Å². The van der Waals surface area contributed by atoms with Crippen molar-refractivity contribution in [2.45, 2.75) is 24.9 Å². The second-order valence-corrected chi connectivity index (χ2v) is 5.30. The van der Waals surface area contributed by atoms with Crippen molar-refractivity contribution >= 4 is 0 Å². The molecule has 4 nitrogen and oxygen atoms in total. The summed E-state index contributed by atoms with van der Waals surface area (Å²) in [7, 11) is 0. The van der Waals surface area contributed by atoms with Gasteiger partial charge in [0.2, 0.25) is 5.88 Å². The smallest absolute Gasteiger partial charge is 0.213 e. The van der Waals surface area contributed by atoms with E-state index in [1.807, 2.05) is 18.2 Å². The minimum absolute atomic E-state index is 0.147. The number of hydrogen-bond acceptors (Lipinski definition) is 4. The first-order valence-corrected chi connectivity index (χ1v) is 6.75. The fourth-order valence-electron chi connectivity index (χ4n) is 2.79. The summed E-state index contributed by atoms with van der Waals surface area (Å²) in [5.41, 5.74) is 0.147. The van der Waals surface area contributed by atoms with Crippen LogP contribution in [0.25, 0.3) is 0 Å². The lowest BCUT2D eigenvalue weighted by Gasteiger charge is -2.47. The Morgan fingerprint density at radius 3 is 3.11 bits per heavy atom. The van der Waals surface area contributed by atoms with Crippen molar-refractivity contribution < 1.29 is 9.47 Å². The quantitative estimate of drug-likeness (QED) is 0.879. The molecule has 3 heterocycles. The first-order valence-electron chi connectivity index (χ1n) is 6.75. The van der Waals surface area contributed by atoms with Crippen molar-refractivity contribution in [3.05, 3.63) is 24.4 Å². The van der Waals surface area contributed by atoms with E-state index in [1.165, 1.54) is 6.42 Å². The van der Waals surface area contributed by atoms with Crippen LogP contribution in [-0.2, 0) is 4.74 Å². The van der Waals surface area contributed by atoms with Crippen LogP contribution in [-0.4, -0.2) is 36.9 Å². The maximum atomic E-state index is 5.88. The van der Waals surface area contributed by atoms with Crippen molar-refractivity contribution in [1.29, 1.82) is 0 Å². The summed E-state index contributed by atoms with van der Waals surface area (Å²) < 4.78 is 11.5. The zero-order valence-corrected chi connectivity index (χ0v) is 10.6. The minimum Gasteiger partial charge on any atom is -0.478 e. The lowest BCUT2D eigenvalue weighted by Crippen LogP contribution is -2.63. The molecule has 0 aliphatic carbocycles. The highest BCUT2D eigenvalue weighted by Crippen LogP contribution is 2.33. The molecule has 2 aliphatic heterocycles. The van der Waals surface area contributed by atoms with Crippen LogP contribution in [0.1, 0.15) is 19.3 Å². The number of aromatic nitrogens is 1. The summed E-state index contributed by atoms with van der Waals surface area (Å²) in [5, 5.41) is 3.31. The van der Waals surface area contributed by atoms with E-state index in [2.05, 4.69) is 10.3 Å². The van der Waals surface area contributed by atoms with Crippen LogP contribution >= 0.6 is 0 Å². The van der Waals surface area contributed by atoms with Gasteiger partial charge in [0.1, 0.15) is 0 Å². The maximum Gasteiger partial charge on any atom is 0.213 e. The molecule has 1 spiro atoms. The van der Waals surface area contributed by atoms with Gasteiger partial charge in [0.25, 0.3) is 0 Å². The Morgan fingerprint density at radius 2 is 2.39 bits per heavy atom. The van der Waals surface area contributed by atoms with Crippen molar-refractivity contribution in [3.63, 3.8) is 0 Å². The Hall–Kier alpha value is -1.13. The second-order valence-electron chi connectivity index (χ2n) is 5.30. The monoisotopic (exact) mass is 248 g/mol. The van der Waals surface area contributed by atoms with E-state index in [0.29, 0.717) is 0 Å². The van der Waals surface area contributed by atoms with E-state index < -0.39 is 0 Å². The average Bonchev–Trinajstić information content (AvgIpc) is 2.39. The van der Waals surface area contributed by atoms with Crippen LogP contribution in [0.2, 0.25) is 0 Å². The lowest BCUT2D eigenvalue weighted by molar-refractivity contribution is -0.128. The van der Waals surface area contributed by atoms with Crippen molar-refractivity contribution in [2.75, 3.05) is 26.3 Å². The van der Waals surface area contributed by atoms with E-state index in [0.717, 1.165) is 50.9 Å². The van der Waals surface area contributed by atoms with Gasteiger partial charge in [-0.2, -0.15) is 0 Å². The number of ether oxygens (including phenoxy) is 2. The van der Waals surface area contributed by atoms with Crippen LogP contribution in [0, 0.1) is 5.92 Å². The van der Waals surface area contributed by atoms with Crippen LogP contribution in [0.5, 0.6) is 5.88 Å². The molecule has 2 saturated heterocycles. The molecule has 4 heteroatoms. The Labute approximate surface area is 108 Å². The number of rotatable bonds is 4. The number of hydrogen-bond donors (Lipinski definition) is 1. The van der Waals surface area contributed by atoms with Gasteiger partial charge in [-0.3, -0.25) is 0 Å². The number of pyridine rings is 1. The van der Waals surface area contributed by atoms with Gasteiger partial charge in [0, 0.05) is 32.0 Å². The summed E-state index contributed by atoms with van der Waals surface area (Å²) in [6.45, 7) is 3.69. The average molecular weight is 248 g/mol. The Kier molecular flexibility index (Phi) is 3.48. The minimum atomic E-state index is 0.147. The third-order valence-electron chi connectivity index (χ3n) is 3.90. The molecule has 18 heavy (non-hydrogen) atoms.